The third-order valence-electron chi connectivity index (χ3n) is 6.05. The maximum Gasteiger partial charge on any atom is 0.355 e. The Morgan fingerprint density at radius 3 is 2.33 bits per heavy atom. The lowest BCUT2D eigenvalue weighted by Gasteiger charge is -2.18. The fourth-order valence-corrected chi connectivity index (χ4v) is 5.14. The van der Waals surface area contributed by atoms with E-state index in [0.717, 1.165) is 35.3 Å². The van der Waals surface area contributed by atoms with Crippen LogP contribution in [0.3, 0.4) is 0 Å². The molecule has 198 valence electrons. The zero-order valence-electron chi connectivity index (χ0n) is 20.5. The van der Waals surface area contributed by atoms with E-state index in [1.807, 2.05) is 54.6 Å². The topological polar surface area (TPSA) is 155 Å². The third kappa shape index (κ3) is 6.23. The summed E-state index contributed by atoms with van der Waals surface area (Å²) in [6.07, 6.45) is 1.71. The second kappa shape index (κ2) is 10.8. The lowest BCUT2D eigenvalue weighted by molar-refractivity contribution is 0.0691. The van der Waals surface area contributed by atoms with Crippen LogP contribution < -0.4 is 15.2 Å². The summed E-state index contributed by atoms with van der Waals surface area (Å²) < 4.78 is 29.7. The molecule has 0 aliphatic heterocycles. The second-order valence-electron chi connectivity index (χ2n) is 8.93. The molecule has 1 aliphatic rings. The Balaban J connectivity index is 1.57. The second-order valence-corrected chi connectivity index (χ2v) is 11.3. The van der Waals surface area contributed by atoms with E-state index >= 15 is 0 Å². The maximum absolute atomic E-state index is 11.7. The molecule has 0 saturated heterocycles. The lowest BCUT2D eigenvalue weighted by atomic mass is 9.99. The van der Waals surface area contributed by atoms with Crippen molar-refractivity contribution in [3.63, 3.8) is 0 Å². The van der Waals surface area contributed by atoms with Gasteiger partial charge >= 0.3 is 5.97 Å². The number of carbonyl (C=O) groups is 1. The lowest BCUT2D eigenvalue weighted by Crippen LogP contribution is -2.18. The summed E-state index contributed by atoms with van der Waals surface area (Å²) in [7, 11) is -3.88. The molecule has 0 unspecified atom stereocenters. The first-order valence-electron chi connectivity index (χ1n) is 11.9. The fourth-order valence-electron chi connectivity index (χ4n) is 3.93. The van der Waals surface area contributed by atoms with Gasteiger partial charge in [0.2, 0.25) is 10.0 Å². The molecule has 39 heavy (non-hydrogen) atoms. The normalized spacial score (nSPS) is 13.9. The van der Waals surface area contributed by atoms with Crippen LogP contribution in [-0.2, 0) is 10.0 Å². The van der Waals surface area contributed by atoms with E-state index in [2.05, 4.69) is 10.3 Å². The number of thiazole rings is 1. The quantitative estimate of drug-likeness (QED) is 0.151. The fraction of sp³-hybridized carbons (Fsp3) is 0.107. The van der Waals surface area contributed by atoms with E-state index in [9.17, 15) is 23.7 Å². The van der Waals surface area contributed by atoms with Crippen molar-refractivity contribution in [3.05, 3.63) is 107 Å². The highest BCUT2D eigenvalue weighted by atomic mass is 32.2. The predicted octanol–water partition coefficient (Wildman–Crippen LogP) is 5.34. The molecule has 1 aromatic heterocycles. The molecule has 0 atom stereocenters. The average molecular weight is 561 g/mol. The largest absolute Gasteiger partial charge is 0.476 e. The number of rotatable bonds is 10. The highest BCUT2D eigenvalue weighted by Gasteiger charge is 2.33. The minimum absolute atomic E-state index is 0.0542. The van der Waals surface area contributed by atoms with Crippen LogP contribution in [0.2, 0.25) is 0 Å². The molecule has 1 fully saturated rings. The molecule has 1 aliphatic carbocycles. The summed E-state index contributed by atoms with van der Waals surface area (Å²) in [5.41, 5.74) is 3.17. The van der Waals surface area contributed by atoms with Gasteiger partial charge < -0.3 is 15.2 Å². The average Bonchev–Trinajstić information content (AvgIpc) is 3.67. The van der Waals surface area contributed by atoms with E-state index < -0.39 is 16.0 Å². The van der Waals surface area contributed by atoms with Crippen molar-refractivity contribution in [3.8, 4) is 16.9 Å². The Morgan fingerprint density at radius 1 is 1.03 bits per heavy atom. The van der Waals surface area contributed by atoms with Gasteiger partial charge in [0.25, 0.3) is 0 Å². The molecular weight excluding hydrogens is 536 g/mol. The Hall–Kier alpha value is -4.32. The van der Waals surface area contributed by atoms with E-state index in [4.69, 9.17) is 9.88 Å². The first-order valence-corrected chi connectivity index (χ1v) is 14.4. The van der Waals surface area contributed by atoms with Crippen molar-refractivity contribution >= 4 is 38.2 Å². The highest BCUT2D eigenvalue weighted by molar-refractivity contribution is 7.89. The van der Waals surface area contributed by atoms with Crippen LogP contribution >= 0.6 is 11.3 Å². The molecule has 9 nitrogen and oxygen atoms in total. The number of aromatic nitrogens is 1. The summed E-state index contributed by atoms with van der Waals surface area (Å²) >= 11 is 1.14. The van der Waals surface area contributed by atoms with Gasteiger partial charge in [0.15, 0.2) is 16.6 Å². The minimum Gasteiger partial charge on any atom is -0.476 e. The summed E-state index contributed by atoms with van der Waals surface area (Å²) in [5, 5.41) is 28.7. The van der Waals surface area contributed by atoms with Gasteiger partial charge in [-0.2, -0.15) is 0 Å². The van der Waals surface area contributed by atoms with Crippen molar-refractivity contribution in [1.82, 2.24) is 4.98 Å². The Morgan fingerprint density at radius 2 is 1.72 bits per heavy atom. The number of nitrogens with zero attached hydrogens (tertiary/aromatic N) is 1. The summed E-state index contributed by atoms with van der Waals surface area (Å²) in [5.74, 6) is -0.531. The van der Waals surface area contributed by atoms with Crippen molar-refractivity contribution < 1.29 is 23.1 Å². The Bertz CT molecular complexity index is 1680. The van der Waals surface area contributed by atoms with E-state index in [1.54, 1.807) is 0 Å². The molecule has 0 amide bonds. The van der Waals surface area contributed by atoms with E-state index in [0.29, 0.717) is 22.1 Å². The van der Waals surface area contributed by atoms with Gasteiger partial charge in [-0.3, -0.25) is 5.41 Å². The first kappa shape index (κ1) is 26.3. The van der Waals surface area contributed by atoms with Crippen LogP contribution in [0.5, 0.6) is 5.75 Å². The smallest absolute Gasteiger partial charge is 0.355 e. The number of hydrogen-bond donors (Lipinski definition) is 4. The minimum atomic E-state index is -3.88. The number of benzene rings is 3. The monoisotopic (exact) mass is 560 g/mol. The third-order valence-corrected chi connectivity index (χ3v) is 7.74. The van der Waals surface area contributed by atoms with Crippen molar-refractivity contribution in [2.45, 2.75) is 17.7 Å². The molecule has 0 spiro atoms. The van der Waals surface area contributed by atoms with Crippen LogP contribution in [0.25, 0.3) is 11.1 Å². The van der Waals surface area contributed by atoms with Gasteiger partial charge in [0, 0.05) is 16.9 Å². The number of anilines is 1. The SMILES string of the molecule is N=C(/C(Oc1ccc(S(N)(=O)=O)cc1)=C(\Nc1nc(C(=O)O)cs1)C1CC1)c1cccc(-c2ccccc2)c1. The van der Waals surface area contributed by atoms with Gasteiger partial charge in [-0.25, -0.2) is 23.3 Å². The number of ether oxygens (including phenoxy) is 1. The Kier molecular flexibility index (Phi) is 7.29. The number of carboxylic acids is 1. The summed E-state index contributed by atoms with van der Waals surface area (Å²) in [6, 6.07) is 23.0. The molecular formula is C28H24N4O5S2. The zero-order chi connectivity index (χ0) is 27.6. The first-order chi connectivity index (χ1) is 18.7. The molecule has 0 bridgehead atoms. The van der Waals surface area contributed by atoms with Gasteiger partial charge in [-0.1, -0.05) is 48.5 Å². The highest BCUT2D eigenvalue weighted by Crippen LogP contribution is 2.40. The molecule has 1 heterocycles. The number of sulfonamides is 1. The number of hydrogen-bond acceptors (Lipinski definition) is 8. The molecule has 4 aromatic rings. The van der Waals surface area contributed by atoms with E-state index in [-0.39, 0.29) is 28.0 Å². The van der Waals surface area contributed by atoms with Crippen LogP contribution in [0.4, 0.5) is 5.13 Å². The Labute approximate surface area is 229 Å². The molecule has 5 rings (SSSR count). The zero-order valence-corrected chi connectivity index (χ0v) is 22.1. The number of nitrogens with one attached hydrogen (secondary N) is 2. The number of nitrogens with two attached hydrogens (primary N) is 1. The number of aromatic carboxylic acids is 1. The van der Waals surface area contributed by atoms with Crippen molar-refractivity contribution in [1.29, 1.82) is 5.41 Å². The van der Waals surface area contributed by atoms with Gasteiger partial charge in [-0.15, -0.1) is 11.3 Å². The number of primary sulfonamides is 1. The molecule has 11 heteroatoms. The summed E-state index contributed by atoms with van der Waals surface area (Å²) in [6.45, 7) is 0. The molecule has 1 saturated carbocycles. The van der Waals surface area contributed by atoms with Gasteiger partial charge in [0.05, 0.1) is 10.6 Å². The maximum atomic E-state index is 11.7. The van der Waals surface area contributed by atoms with E-state index in [1.165, 1.54) is 29.6 Å². The molecule has 3 aromatic carbocycles. The van der Waals surface area contributed by atoms with Gasteiger partial charge in [0.1, 0.15) is 11.5 Å². The van der Waals surface area contributed by atoms with Crippen molar-refractivity contribution in [2.24, 2.45) is 11.1 Å². The number of allylic oxidation sites excluding steroid dienone is 2. The summed E-state index contributed by atoms with van der Waals surface area (Å²) in [4.78, 5) is 15.4. The van der Waals surface area contributed by atoms with Crippen LogP contribution in [-0.4, -0.2) is 30.2 Å². The van der Waals surface area contributed by atoms with Crippen LogP contribution in [0.1, 0.15) is 28.9 Å². The molecule has 5 N–H and O–H groups in total. The predicted molar refractivity (Wildman–Crippen MR) is 150 cm³/mol. The van der Waals surface area contributed by atoms with Crippen LogP contribution in [0, 0.1) is 11.3 Å². The van der Waals surface area contributed by atoms with Crippen LogP contribution in [0.15, 0.2) is 101 Å². The standard InChI is InChI=1S/C28H24N4O5S2/c29-24(20-8-4-7-19(15-20)17-5-2-1-3-6-17)26(37-21-11-13-22(14-12-21)39(30,35)36)25(18-9-10-18)32-28-31-23(16-38-28)27(33)34/h1-8,11-16,18,29H,9-10H2,(H,31,32)(H,33,34)(H2,30,35,36)/b26-25+,29-24?. The van der Waals surface area contributed by atoms with Crippen molar-refractivity contribution in [2.75, 3.05) is 5.32 Å². The number of carboxylic acid groups (broad SMARTS) is 1. The van der Waals surface area contributed by atoms with Gasteiger partial charge in [-0.05, 0) is 54.3 Å². The molecule has 0 radical (unpaired) electrons.